The van der Waals surface area contributed by atoms with E-state index in [9.17, 15) is 0 Å². The molecule has 0 amide bonds. The van der Waals surface area contributed by atoms with Gasteiger partial charge in [0.25, 0.3) is 0 Å². The average Bonchev–Trinajstić information content (AvgIpc) is 2.37. The Kier molecular flexibility index (Phi) is 4.71. The molecule has 0 spiro atoms. The molecule has 1 fully saturated rings. The molecule has 0 heteroatoms. The van der Waals surface area contributed by atoms with E-state index in [1.165, 1.54) is 25.7 Å². The van der Waals surface area contributed by atoms with Gasteiger partial charge in [0, 0.05) is 0 Å². The zero-order valence-corrected chi connectivity index (χ0v) is 13.4. The lowest BCUT2D eigenvalue weighted by atomic mass is 9.74. The monoisotopic (exact) mass is 258 g/mol. The van der Waals surface area contributed by atoms with Gasteiger partial charge in [-0.25, -0.2) is 0 Å². The summed E-state index contributed by atoms with van der Waals surface area (Å²) in [4.78, 5) is 0. The molecule has 1 aliphatic rings. The molecule has 2 rings (SSSR count). The van der Waals surface area contributed by atoms with Crippen molar-refractivity contribution < 1.29 is 0 Å². The van der Waals surface area contributed by atoms with Crippen molar-refractivity contribution in [2.45, 2.75) is 78.1 Å². The maximum Gasteiger partial charge on any atom is -0.0156 e. The van der Waals surface area contributed by atoms with Gasteiger partial charge < -0.3 is 0 Å². The summed E-state index contributed by atoms with van der Waals surface area (Å²) < 4.78 is 0. The van der Waals surface area contributed by atoms with Crippen molar-refractivity contribution in [2.75, 3.05) is 0 Å². The zero-order chi connectivity index (χ0) is 14.0. The van der Waals surface area contributed by atoms with E-state index in [0.29, 0.717) is 11.8 Å². The van der Waals surface area contributed by atoms with E-state index in [4.69, 9.17) is 0 Å². The van der Waals surface area contributed by atoms with E-state index in [1.54, 1.807) is 16.7 Å². The van der Waals surface area contributed by atoms with Gasteiger partial charge in [-0.2, -0.15) is 0 Å². The van der Waals surface area contributed by atoms with Crippen molar-refractivity contribution in [2.24, 2.45) is 5.92 Å². The van der Waals surface area contributed by atoms with E-state index in [1.807, 2.05) is 0 Å². The highest BCUT2D eigenvalue weighted by Gasteiger charge is 2.24. The summed E-state index contributed by atoms with van der Waals surface area (Å²) in [5, 5.41) is 0. The molecule has 0 bridgehead atoms. The summed E-state index contributed by atoms with van der Waals surface area (Å²) in [7, 11) is 0. The maximum absolute atomic E-state index is 2.42. The molecule has 0 radical (unpaired) electrons. The van der Waals surface area contributed by atoms with Crippen LogP contribution in [0.5, 0.6) is 0 Å². The first-order valence-corrected chi connectivity index (χ1v) is 8.13. The van der Waals surface area contributed by atoms with Gasteiger partial charge in [-0.1, -0.05) is 65.7 Å². The van der Waals surface area contributed by atoms with Gasteiger partial charge in [-0.3, -0.25) is 0 Å². The fourth-order valence-corrected chi connectivity index (χ4v) is 3.84. The van der Waals surface area contributed by atoms with E-state index in [-0.39, 0.29) is 0 Å². The highest BCUT2D eigenvalue weighted by Crippen LogP contribution is 2.41. The third-order valence-electron chi connectivity index (χ3n) is 4.75. The molecule has 0 nitrogen and oxygen atoms in total. The Morgan fingerprint density at radius 3 is 2.32 bits per heavy atom. The van der Waals surface area contributed by atoms with Crippen LogP contribution in [-0.2, 0) is 0 Å². The predicted octanol–water partition coefficient (Wildman–Crippen LogP) is 6.23. The Morgan fingerprint density at radius 1 is 1.00 bits per heavy atom. The van der Waals surface area contributed by atoms with Gasteiger partial charge in [-0.15, -0.1) is 0 Å². The largest absolute Gasteiger partial charge is 0.0625 e. The molecule has 1 aliphatic carbocycles. The molecule has 0 aromatic heterocycles. The number of hydrogen-bond donors (Lipinski definition) is 0. The van der Waals surface area contributed by atoms with Crippen LogP contribution in [0.4, 0.5) is 0 Å². The van der Waals surface area contributed by atoms with Crippen LogP contribution < -0.4 is 0 Å². The first-order chi connectivity index (χ1) is 9.00. The average molecular weight is 258 g/mol. The third kappa shape index (κ3) is 3.22. The molecule has 0 aliphatic heterocycles. The van der Waals surface area contributed by atoms with E-state index in [0.717, 1.165) is 11.8 Å². The lowest BCUT2D eigenvalue weighted by molar-refractivity contribution is 0.342. The van der Waals surface area contributed by atoms with Crippen LogP contribution >= 0.6 is 0 Å². The lowest BCUT2D eigenvalue weighted by Gasteiger charge is -2.31. The number of hydrogen-bond acceptors (Lipinski definition) is 0. The van der Waals surface area contributed by atoms with Gasteiger partial charge in [0.15, 0.2) is 0 Å². The Morgan fingerprint density at radius 2 is 1.74 bits per heavy atom. The molecule has 0 saturated heterocycles. The maximum atomic E-state index is 2.42. The van der Waals surface area contributed by atoms with Gasteiger partial charge in [0.05, 0.1) is 0 Å². The van der Waals surface area contributed by atoms with Crippen LogP contribution in [0.25, 0.3) is 0 Å². The molecule has 0 heterocycles. The van der Waals surface area contributed by atoms with Gasteiger partial charge >= 0.3 is 0 Å². The van der Waals surface area contributed by atoms with Gasteiger partial charge in [-0.05, 0) is 53.2 Å². The molecule has 19 heavy (non-hydrogen) atoms. The molecule has 1 aromatic carbocycles. The van der Waals surface area contributed by atoms with Crippen molar-refractivity contribution in [3.63, 3.8) is 0 Å². The topological polar surface area (TPSA) is 0 Å². The van der Waals surface area contributed by atoms with Crippen LogP contribution in [0.3, 0.4) is 0 Å². The number of benzene rings is 1. The standard InChI is InChI=1S/C19H30/c1-13(2)17-10-7-11-18(19(17)14(3)4)16-9-6-8-15(5)12-16/h7,10-11,13-16H,6,8-9,12H2,1-5H3. The smallest absolute Gasteiger partial charge is 0.0156 e. The molecule has 2 unspecified atom stereocenters. The van der Waals surface area contributed by atoms with Crippen LogP contribution in [0.2, 0.25) is 0 Å². The second-order valence-electron chi connectivity index (χ2n) is 7.13. The van der Waals surface area contributed by atoms with Crippen LogP contribution in [0, 0.1) is 5.92 Å². The summed E-state index contributed by atoms with van der Waals surface area (Å²) in [6.45, 7) is 11.8. The second kappa shape index (κ2) is 6.11. The fourth-order valence-electron chi connectivity index (χ4n) is 3.84. The molecule has 2 atom stereocenters. The number of rotatable bonds is 3. The summed E-state index contributed by atoms with van der Waals surface area (Å²) in [6.07, 6.45) is 5.62. The lowest BCUT2D eigenvalue weighted by Crippen LogP contribution is -2.15. The quantitative estimate of drug-likeness (QED) is 0.603. The van der Waals surface area contributed by atoms with Crippen molar-refractivity contribution in [3.8, 4) is 0 Å². The SMILES string of the molecule is CC1CCCC(c2cccc(C(C)C)c2C(C)C)C1. The highest BCUT2D eigenvalue weighted by atomic mass is 14.3. The molecule has 1 aromatic rings. The molecule has 106 valence electrons. The van der Waals surface area contributed by atoms with Crippen molar-refractivity contribution in [3.05, 3.63) is 34.9 Å². The van der Waals surface area contributed by atoms with Crippen molar-refractivity contribution >= 4 is 0 Å². The van der Waals surface area contributed by atoms with Crippen LogP contribution in [-0.4, -0.2) is 0 Å². The van der Waals surface area contributed by atoms with E-state index < -0.39 is 0 Å². The summed E-state index contributed by atoms with van der Waals surface area (Å²) >= 11 is 0. The van der Waals surface area contributed by atoms with Crippen molar-refractivity contribution in [1.29, 1.82) is 0 Å². The first-order valence-electron chi connectivity index (χ1n) is 8.13. The molecule has 1 saturated carbocycles. The first kappa shape index (κ1) is 14.6. The van der Waals surface area contributed by atoms with Gasteiger partial charge in [0.2, 0.25) is 0 Å². The Bertz CT molecular complexity index is 414. The fraction of sp³-hybridized carbons (Fsp3) is 0.684. The molecular weight excluding hydrogens is 228 g/mol. The minimum Gasteiger partial charge on any atom is -0.0625 e. The second-order valence-corrected chi connectivity index (χ2v) is 7.13. The minimum atomic E-state index is 0.637. The Hall–Kier alpha value is -0.780. The predicted molar refractivity (Wildman–Crippen MR) is 85.0 cm³/mol. The zero-order valence-electron chi connectivity index (χ0n) is 13.4. The van der Waals surface area contributed by atoms with E-state index >= 15 is 0 Å². The van der Waals surface area contributed by atoms with Crippen LogP contribution in [0.1, 0.15) is 94.7 Å². The molecular formula is C19H30. The summed E-state index contributed by atoms with van der Waals surface area (Å²) in [5.41, 5.74) is 4.88. The minimum absolute atomic E-state index is 0.637. The summed E-state index contributed by atoms with van der Waals surface area (Å²) in [5.74, 6) is 2.99. The van der Waals surface area contributed by atoms with Gasteiger partial charge in [0.1, 0.15) is 0 Å². The van der Waals surface area contributed by atoms with Crippen molar-refractivity contribution in [1.82, 2.24) is 0 Å². The van der Waals surface area contributed by atoms with Crippen LogP contribution in [0.15, 0.2) is 18.2 Å². The third-order valence-corrected chi connectivity index (χ3v) is 4.75. The summed E-state index contributed by atoms with van der Waals surface area (Å²) in [6, 6.07) is 7.04. The Balaban J connectivity index is 2.41. The Labute approximate surface area is 119 Å². The molecule has 0 N–H and O–H groups in total. The highest BCUT2D eigenvalue weighted by molar-refractivity contribution is 5.41. The van der Waals surface area contributed by atoms with E-state index in [2.05, 4.69) is 52.8 Å². The normalized spacial score (nSPS) is 24.2.